The lowest BCUT2D eigenvalue weighted by Gasteiger charge is -2.42. The summed E-state index contributed by atoms with van der Waals surface area (Å²) in [6, 6.07) is 30.5. The predicted molar refractivity (Wildman–Crippen MR) is 129 cm³/mol. The smallest absolute Gasteiger partial charge is 0.430 e. The number of benzene rings is 3. The number of rotatable bonds is 9. The van der Waals surface area contributed by atoms with Crippen LogP contribution in [0.15, 0.2) is 91.0 Å². The van der Waals surface area contributed by atoms with E-state index in [1.807, 2.05) is 66.7 Å². The number of hydrogen-bond donors (Lipinski definition) is 0. The lowest BCUT2D eigenvalue weighted by molar-refractivity contribution is 0.165. The number of hydrogen-bond acceptors (Lipinski definition) is 4. The van der Waals surface area contributed by atoms with Crippen molar-refractivity contribution in [2.45, 2.75) is 19.6 Å². The largest absolute Gasteiger partial charge is 0.528 e. The van der Waals surface area contributed by atoms with Crippen LogP contribution in [0.4, 0.5) is 0 Å². The summed E-state index contributed by atoms with van der Waals surface area (Å²) in [4.78, 5) is 0. The first kappa shape index (κ1) is 22.8. The zero-order valence-corrected chi connectivity index (χ0v) is 21.3. The van der Waals surface area contributed by atoms with Crippen molar-refractivity contribution in [1.82, 2.24) is 0 Å². The van der Waals surface area contributed by atoms with Crippen LogP contribution in [0.1, 0.15) is 0 Å². The predicted octanol–water partition coefficient (Wildman–Crippen LogP) is 3.25. The molecule has 0 N–H and O–H groups in total. The maximum atomic E-state index is 7.10. The van der Waals surface area contributed by atoms with Gasteiger partial charge in [0, 0.05) is 19.4 Å². The Bertz CT molecular complexity index is 872. The molecule has 3 aromatic rings. The summed E-state index contributed by atoms with van der Waals surface area (Å²) < 4.78 is 26.2. The first-order chi connectivity index (χ1) is 14.4. The molecule has 4 nitrogen and oxygen atoms in total. The van der Waals surface area contributed by atoms with Crippen molar-refractivity contribution in [2.24, 2.45) is 0 Å². The summed E-state index contributed by atoms with van der Waals surface area (Å²) in [6.07, 6.45) is 0. The Labute approximate surface area is 183 Å². The van der Waals surface area contributed by atoms with Gasteiger partial charge in [-0.05, 0) is 30.0 Å². The fourth-order valence-electron chi connectivity index (χ4n) is 3.46. The zero-order chi connectivity index (χ0) is 21.7. The highest BCUT2D eigenvalue weighted by Gasteiger charge is 2.55. The van der Waals surface area contributed by atoms with Gasteiger partial charge >= 0.3 is 17.4 Å². The third-order valence-corrected chi connectivity index (χ3v) is 14.8. The van der Waals surface area contributed by atoms with Crippen LogP contribution in [0.3, 0.4) is 0 Å². The Morgan fingerprint density at radius 3 is 1.20 bits per heavy atom. The van der Waals surface area contributed by atoms with Crippen LogP contribution in [0, 0.1) is 0 Å². The molecule has 0 aliphatic carbocycles. The standard InChI is InChI=1S/C23H30O4Si3/c1-24-30(25-2,23-19-13-8-14-20-23)27-29(26-28(3,4)5,21-15-9-6-10-16-21)22-17-11-7-12-18-22/h6-20H,1-5H3. The molecule has 0 aromatic heterocycles. The molecular weight excluding hydrogens is 425 g/mol. The van der Waals surface area contributed by atoms with E-state index in [2.05, 4.69) is 43.9 Å². The molecule has 0 bridgehead atoms. The van der Waals surface area contributed by atoms with Crippen molar-refractivity contribution in [3.8, 4) is 0 Å². The van der Waals surface area contributed by atoms with Crippen LogP contribution >= 0.6 is 0 Å². The minimum Gasteiger partial charge on any atom is -0.430 e. The first-order valence-corrected chi connectivity index (χ1v) is 17.0. The highest BCUT2D eigenvalue weighted by Crippen LogP contribution is 2.22. The highest BCUT2D eigenvalue weighted by atomic mass is 28.5. The van der Waals surface area contributed by atoms with E-state index >= 15 is 0 Å². The second-order valence-electron chi connectivity index (χ2n) is 8.00. The molecule has 0 saturated carbocycles. The summed E-state index contributed by atoms with van der Waals surface area (Å²) in [5.41, 5.74) is 0. The SMILES string of the molecule is CO[Si](OC)(O[Si](O[Si](C)(C)C)(c1ccccc1)c1ccccc1)c1ccccc1. The molecular formula is C23H30O4Si3. The minimum atomic E-state index is -3.26. The second kappa shape index (κ2) is 9.53. The molecule has 0 heterocycles. The van der Waals surface area contributed by atoms with E-state index in [4.69, 9.17) is 17.1 Å². The van der Waals surface area contributed by atoms with Gasteiger partial charge < -0.3 is 17.1 Å². The van der Waals surface area contributed by atoms with Gasteiger partial charge in [0.1, 0.15) is 0 Å². The van der Waals surface area contributed by atoms with Gasteiger partial charge in [-0.15, -0.1) is 0 Å². The highest BCUT2D eigenvalue weighted by molar-refractivity contribution is 7.02. The van der Waals surface area contributed by atoms with Crippen LogP contribution < -0.4 is 15.6 Å². The summed E-state index contributed by atoms with van der Waals surface area (Å²) in [6.45, 7) is 6.57. The third-order valence-electron chi connectivity index (χ3n) is 4.70. The molecule has 0 atom stereocenters. The van der Waals surface area contributed by atoms with Gasteiger partial charge in [0.05, 0.1) is 0 Å². The topological polar surface area (TPSA) is 36.9 Å². The van der Waals surface area contributed by atoms with Crippen LogP contribution in [0.25, 0.3) is 0 Å². The average molecular weight is 455 g/mol. The average Bonchev–Trinajstić information content (AvgIpc) is 2.78. The van der Waals surface area contributed by atoms with Crippen LogP contribution in [-0.4, -0.2) is 39.9 Å². The Morgan fingerprint density at radius 2 is 0.867 bits per heavy atom. The van der Waals surface area contributed by atoms with E-state index in [1.54, 1.807) is 14.2 Å². The van der Waals surface area contributed by atoms with E-state index in [0.29, 0.717) is 0 Å². The molecule has 30 heavy (non-hydrogen) atoms. The second-order valence-corrected chi connectivity index (χ2v) is 18.7. The van der Waals surface area contributed by atoms with Crippen LogP contribution in [-0.2, 0) is 17.1 Å². The van der Waals surface area contributed by atoms with Crippen molar-refractivity contribution in [1.29, 1.82) is 0 Å². The van der Waals surface area contributed by atoms with Gasteiger partial charge in [0.15, 0.2) is 8.32 Å². The van der Waals surface area contributed by atoms with Crippen LogP contribution in [0.2, 0.25) is 19.6 Å². The van der Waals surface area contributed by atoms with Gasteiger partial charge in [0.2, 0.25) is 0 Å². The zero-order valence-electron chi connectivity index (χ0n) is 18.3. The van der Waals surface area contributed by atoms with Gasteiger partial charge in [0.25, 0.3) is 0 Å². The molecule has 3 rings (SSSR count). The summed E-state index contributed by atoms with van der Waals surface area (Å²) >= 11 is 0. The molecule has 0 radical (unpaired) electrons. The normalized spacial score (nSPS) is 12.7. The molecule has 0 saturated heterocycles. The maximum Gasteiger partial charge on any atom is 0.528 e. The van der Waals surface area contributed by atoms with E-state index in [0.717, 1.165) is 15.6 Å². The lowest BCUT2D eigenvalue weighted by Crippen LogP contribution is -2.74. The first-order valence-electron chi connectivity index (χ1n) is 10.0. The van der Waals surface area contributed by atoms with Gasteiger partial charge in [-0.25, -0.2) is 0 Å². The van der Waals surface area contributed by atoms with Gasteiger partial charge in [-0.3, -0.25) is 0 Å². The third kappa shape index (κ3) is 4.89. The Hall–Kier alpha value is -1.85. The Morgan fingerprint density at radius 1 is 0.500 bits per heavy atom. The van der Waals surface area contributed by atoms with E-state index < -0.39 is 25.7 Å². The maximum absolute atomic E-state index is 7.10. The van der Waals surface area contributed by atoms with Crippen molar-refractivity contribution in [3.63, 3.8) is 0 Å². The van der Waals surface area contributed by atoms with Crippen molar-refractivity contribution in [2.75, 3.05) is 14.2 Å². The summed E-state index contributed by atoms with van der Waals surface area (Å²) in [5.74, 6) is 0. The van der Waals surface area contributed by atoms with E-state index in [9.17, 15) is 0 Å². The molecule has 0 unspecified atom stereocenters. The molecule has 0 fully saturated rings. The molecule has 0 aliphatic heterocycles. The fraction of sp³-hybridized carbons (Fsp3) is 0.217. The molecule has 0 amide bonds. The Balaban J connectivity index is 2.27. The van der Waals surface area contributed by atoms with Crippen molar-refractivity contribution in [3.05, 3.63) is 91.0 Å². The molecule has 0 spiro atoms. The molecule has 0 aliphatic rings. The minimum absolute atomic E-state index is 0.915. The quantitative estimate of drug-likeness (QED) is 0.465. The van der Waals surface area contributed by atoms with Gasteiger partial charge in [-0.1, -0.05) is 91.0 Å². The van der Waals surface area contributed by atoms with Crippen LogP contribution in [0.5, 0.6) is 0 Å². The molecule has 7 heteroatoms. The monoisotopic (exact) mass is 454 g/mol. The fourth-order valence-corrected chi connectivity index (χ4v) is 14.8. The van der Waals surface area contributed by atoms with Crippen molar-refractivity contribution >= 4 is 41.2 Å². The molecule has 158 valence electrons. The lowest BCUT2D eigenvalue weighted by atomic mass is 10.4. The van der Waals surface area contributed by atoms with Gasteiger partial charge in [-0.2, -0.15) is 0 Å². The Kier molecular flexibility index (Phi) is 7.25. The summed E-state index contributed by atoms with van der Waals surface area (Å²) in [7, 11) is -5.15. The van der Waals surface area contributed by atoms with Crippen molar-refractivity contribution < 1.29 is 17.1 Å². The van der Waals surface area contributed by atoms with E-state index in [1.165, 1.54) is 0 Å². The van der Waals surface area contributed by atoms with E-state index in [-0.39, 0.29) is 0 Å². The molecule has 3 aromatic carbocycles. The summed E-state index contributed by atoms with van der Waals surface area (Å²) in [5, 5.41) is 3.00.